The fourth-order valence-corrected chi connectivity index (χ4v) is 2.54. The van der Waals surface area contributed by atoms with Crippen LogP contribution < -0.4 is 10.6 Å². The Morgan fingerprint density at radius 3 is 2.96 bits per heavy atom. The molecular formula is C17H23N5O2. The van der Waals surface area contributed by atoms with Gasteiger partial charge in [-0.25, -0.2) is 4.98 Å². The van der Waals surface area contributed by atoms with Gasteiger partial charge in [-0.15, -0.1) is 0 Å². The van der Waals surface area contributed by atoms with Crippen LogP contribution in [0.4, 0.5) is 11.8 Å². The third kappa shape index (κ3) is 4.39. The van der Waals surface area contributed by atoms with E-state index in [1.807, 2.05) is 31.2 Å². The van der Waals surface area contributed by atoms with Crippen molar-refractivity contribution in [3.8, 4) is 11.4 Å². The molecule has 1 fully saturated rings. The van der Waals surface area contributed by atoms with Gasteiger partial charge in [0.25, 0.3) is 0 Å². The van der Waals surface area contributed by atoms with E-state index in [4.69, 9.17) is 4.74 Å². The van der Waals surface area contributed by atoms with E-state index in [2.05, 4.69) is 25.6 Å². The van der Waals surface area contributed by atoms with Crippen LogP contribution in [0.15, 0.2) is 30.5 Å². The third-order valence-electron chi connectivity index (χ3n) is 3.84. The van der Waals surface area contributed by atoms with Crippen molar-refractivity contribution in [2.75, 3.05) is 30.4 Å². The molecule has 0 radical (unpaired) electrons. The van der Waals surface area contributed by atoms with Crippen molar-refractivity contribution in [3.05, 3.63) is 30.5 Å². The second kappa shape index (κ2) is 8.03. The molecule has 3 N–H and O–H groups in total. The highest BCUT2D eigenvalue weighted by Crippen LogP contribution is 2.20. The van der Waals surface area contributed by atoms with Crippen molar-refractivity contribution in [2.24, 2.45) is 0 Å². The molecule has 2 aromatic heterocycles. The van der Waals surface area contributed by atoms with E-state index in [1.165, 1.54) is 0 Å². The average molecular weight is 329 g/mol. The predicted molar refractivity (Wildman–Crippen MR) is 92.9 cm³/mol. The molecule has 2 aromatic rings. The van der Waals surface area contributed by atoms with Crippen LogP contribution in [0.3, 0.4) is 0 Å². The van der Waals surface area contributed by atoms with Crippen molar-refractivity contribution in [1.29, 1.82) is 0 Å². The Morgan fingerprint density at radius 2 is 2.25 bits per heavy atom. The molecule has 3 heterocycles. The maximum atomic E-state index is 9.24. The zero-order valence-electron chi connectivity index (χ0n) is 13.8. The van der Waals surface area contributed by atoms with E-state index in [1.54, 1.807) is 6.20 Å². The highest BCUT2D eigenvalue weighted by Gasteiger charge is 2.16. The molecule has 0 aromatic carbocycles. The maximum Gasteiger partial charge on any atom is 0.225 e. The van der Waals surface area contributed by atoms with Crippen LogP contribution in [-0.4, -0.2) is 52.0 Å². The molecule has 2 atom stereocenters. The lowest BCUT2D eigenvalue weighted by Crippen LogP contribution is -2.22. The summed E-state index contributed by atoms with van der Waals surface area (Å²) in [7, 11) is 0. The average Bonchev–Trinajstić information content (AvgIpc) is 3.14. The molecule has 1 aliphatic rings. The van der Waals surface area contributed by atoms with Crippen LogP contribution >= 0.6 is 0 Å². The minimum atomic E-state index is -0.130. The van der Waals surface area contributed by atoms with Gasteiger partial charge in [-0.1, -0.05) is 6.07 Å². The van der Waals surface area contributed by atoms with Crippen molar-refractivity contribution < 1.29 is 9.84 Å². The summed E-state index contributed by atoms with van der Waals surface area (Å²) in [6.07, 6.45) is 4.14. The molecule has 3 rings (SSSR count). The number of pyridine rings is 1. The second-order valence-corrected chi connectivity index (χ2v) is 5.92. The van der Waals surface area contributed by atoms with Gasteiger partial charge in [-0.05, 0) is 31.9 Å². The smallest absolute Gasteiger partial charge is 0.225 e. The highest BCUT2D eigenvalue weighted by atomic mass is 16.5. The molecule has 0 amide bonds. The van der Waals surface area contributed by atoms with Gasteiger partial charge in [0, 0.05) is 31.5 Å². The predicted octanol–water partition coefficient (Wildman–Crippen LogP) is 1.92. The number of ether oxygens (including phenoxy) is 1. The summed E-state index contributed by atoms with van der Waals surface area (Å²) in [5.41, 5.74) is 1.51. The molecule has 0 bridgehead atoms. The number of nitrogens with one attached hydrogen (secondary N) is 2. The Kier molecular flexibility index (Phi) is 5.55. The molecule has 0 unspecified atom stereocenters. The van der Waals surface area contributed by atoms with Crippen LogP contribution in [0.25, 0.3) is 11.4 Å². The summed E-state index contributed by atoms with van der Waals surface area (Å²) in [4.78, 5) is 13.3. The number of nitrogens with zero attached hydrogens (tertiary/aromatic N) is 3. The Morgan fingerprint density at radius 1 is 1.33 bits per heavy atom. The van der Waals surface area contributed by atoms with E-state index in [9.17, 15) is 5.11 Å². The zero-order valence-corrected chi connectivity index (χ0v) is 13.8. The normalized spacial score (nSPS) is 18.3. The summed E-state index contributed by atoms with van der Waals surface area (Å²) in [6.45, 7) is 3.43. The van der Waals surface area contributed by atoms with E-state index in [0.717, 1.165) is 30.8 Å². The highest BCUT2D eigenvalue weighted by molar-refractivity contribution is 5.61. The first-order valence-electron chi connectivity index (χ1n) is 8.28. The van der Waals surface area contributed by atoms with Gasteiger partial charge in [0.2, 0.25) is 5.95 Å². The van der Waals surface area contributed by atoms with Crippen molar-refractivity contribution in [1.82, 2.24) is 15.0 Å². The number of rotatable bonds is 7. The second-order valence-electron chi connectivity index (χ2n) is 5.92. The first-order chi connectivity index (χ1) is 11.7. The van der Waals surface area contributed by atoms with Crippen LogP contribution in [0.1, 0.15) is 19.8 Å². The van der Waals surface area contributed by atoms with E-state index < -0.39 is 0 Å². The van der Waals surface area contributed by atoms with E-state index >= 15 is 0 Å². The maximum absolute atomic E-state index is 9.24. The third-order valence-corrected chi connectivity index (χ3v) is 3.84. The topological polar surface area (TPSA) is 92.2 Å². The Labute approximate surface area is 141 Å². The largest absolute Gasteiger partial charge is 0.394 e. The molecule has 0 aliphatic carbocycles. The molecule has 0 spiro atoms. The number of aliphatic hydroxyl groups excluding tert-OH is 1. The van der Waals surface area contributed by atoms with Gasteiger partial charge in [-0.3, -0.25) is 4.98 Å². The summed E-state index contributed by atoms with van der Waals surface area (Å²) in [6, 6.07) is 7.45. The summed E-state index contributed by atoms with van der Waals surface area (Å²) < 4.78 is 5.63. The number of anilines is 2. The van der Waals surface area contributed by atoms with Gasteiger partial charge in [0.15, 0.2) is 0 Å². The van der Waals surface area contributed by atoms with E-state index in [0.29, 0.717) is 18.3 Å². The molecular weight excluding hydrogens is 306 g/mol. The molecule has 7 heteroatoms. The Hall–Kier alpha value is -2.25. The summed E-state index contributed by atoms with van der Waals surface area (Å²) in [5, 5.41) is 15.7. The number of hydrogen-bond acceptors (Lipinski definition) is 7. The van der Waals surface area contributed by atoms with Crippen molar-refractivity contribution in [2.45, 2.75) is 31.9 Å². The number of aliphatic hydroxyl groups is 1. The number of hydrogen-bond donors (Lipinski definition) is 3. The lowest BCUT2D eigenvalue weighted by atomic mass is 10.2. The fraction of sp³-hybridized carbons (Fsp3) is 0.471. The van der Waals surface area contributed by atoms with Gasteiger partial charge >= 0.3 is 0 Å². The lowest BCUT2D eigenvalue weighted by molar-refractivity contribution is 0.120. The monoisotopic (exact) mass is 329 g/mol. The molecule has 1 aliphatic heterocycles. The summed E-state index contributed by atoms with van der Waals surface area (Å²) >= 11 is 0. The van der Waals surface area contributed by atoms with E-state index in [-0.39, 0.29) is 18.8 Å². The minimum Gasteiger partial charge on any atom is -0.394 e. The SMILES string of the molecule is C[C@@H](CO)Nc1nc(NC[C@H]2CCCO2)cc(-c2ccccn2)n1. The number of aromatic nitrogens is 3. The lowest BCUT2D eigenvalue weighted by Gasteiger charge is -2.15. The van der Waals surface area contributed by atoms with Crippen LogP contribution in [0, 0.1) is 0 Å². The zero-order chi connectivity index (χ0) is 16.8. The fourth-order valence-electron chi connectivity index (χ4n) is 2.54. The van der Waals surface area contributed by atoms with Crippen LogP contribution in [0.5, 0.6) is 0 Å². The molecule has 7 nitrogen and oxygen atoms in total. The van der Waals surface area contributed by atoms with Gasteiger partial charge < -0.3 is 20.5 Å². The Bertz CT molecular complexity index is 647. The molecule has 0 saturated carbocycles. The van der Waals surface area contributed by atoms with Gasteiger partial charge in [0.1, 0.15) is 5.82 Å². The van der Waals surface area contributed by atoms with Crippen LogP contribution in [-0.2, 0) is 4.74 Å². The quantitative estimate of drug-likeness (QED) is 0.714. The Balaban J connectivity index is 1.81. The standard InChI is InChI=1S/C17H23N5O2/c1-12(11-23)20-17-21-15(14-6-2-3-7-18-14)9-16(22-17)19-10-13-5-4-8-24-13/h2-3,6-7,9,12-13,23H,4-5,8,10-11H2,1H3,(H2,19,20,21,22)/t12-,13+/m0/s1. The molecule has 24 heavy (non-hydrogen) atoms. The van der Waals surface area contributed by atoms with Crippen molar-refractivity contribution in [3.63, 3.8) is 0 Å². The first-order valence-corrected chi connectivity index (χ1v) is 8.28. The molecule has 128 valence electrons. The summed E-state index contributed by atoms with van der Waals surface area (Å²) in [5.74, 6) is 1.18. The van der Waals surface area contributed by atoms with Gasteiger partial charge in [-0.2, -0.15) is 4.98 Å². The first kappa shape index (κ1) is 16.6. The minimum absolute atomic E-state index is 0.00977. The van der Waals surface area contributed by atoms with Crippen LogP contribution in [0.2, 0.25) is 0 Å². The van der Waals surface area contributed by atoms with Crippen molar-refractivity contribution >= 4 is 11.8 Å². The van der Waals surface area contributed by atoms with Gasteiger partial charge in [0.05, 0.1) is 24.1 Å². The molecule has 1 saturated heterocycles.